The number of phenols is 1. The Bertz CT molecular complexity index is 478. The molecule has 1 aromatic carbocycles. The minimum Gasteiger partial charge on any atom is -0.507 e. The summed E-state index contributed by atoms with van der Waals surface area (Å²) in [7, 11) is 0. The summed E-state index contributed by atoms with van der Waals surface area (Å²) in [5.41, 5.74) is 2.58. The molecule has 1 heterocycles. The number of hydrogen-bond acceptors (Lipinski definition) is 2. The van der Waals surface area contributed by atoms with E-state index in [0.29, 0.717) is 11.5 Å². The number of fused-ring (bicyclic) bond motifs is 1. The molecular formula is C15H21NO2. The zero-order valence-electron chi connectivity index (χ0n) is 11.5. The zero-order chi connectivity index (χ0) is 13.4. The van der Waals surface area contributed by atoms with Crippen molar-refractivity contribution in [3.63, 3.8) is 0 Å². The van der Waals surface area contributed by atoms with Crippen molar-refractivity contribution in [2.75, 3.05) is 6.54 Å². The van der Waals surface area contributed by atoms with Gasteiger partial charge in [0.05, 0.1) is 5.56 Å². The van der Waals surface area contributed by atoms with Gasteiger partial charge in [0.15, 0.2) is 0 Å². The van der Waals surface area contributed by atoms with Crippen molar-refractivity contribution in [1.29, 1.82) is 0 Å². The molecule has 1 amide bonds. The van der Waals surface area contributed by atoms with Crippen LogP contribution in [0.4, 0.5) is 0 Å². The Hall–Kier alpha value is -1.51. The van der Waals surface area contributed by atoms with Gasteiger partial charge < -0.3 is 10.0 Å². The molecule has 98 valence electrons. The Labute approximate surface area is 108 Å². The van der Waals surface area contributed by atoms with E-state index in [4.69, 9.17) is 0 Å². The van der Waals surface area contributed by atoms with Gasteiger partial charge in [0.1, 0.15) is 5.75 Å². The van der Waals surface area contributed by atoms with Gasteiger partial charge in [-0.25, -0.2) is 0 Å². The third-order valence-electron chi connectivity index (χ3n) is 3.61. The first kappa shape index (κ1) is 12.9. The van der Waals surface area contributed by atoms with Gasteiger partial charge in [-0.05, 0) is 43.4 Å². The van der Waals surface area contributed by atoms with Gasteiger partial charge in [-0.15, -0.1) is 0 Å². The number of benzene rings is 1. The monoisotopic (exact) mass is 247 g/mol. The third-order valence-corrected chi connectivity index (χ3v) is 3.61. The van der Waals surface area contributed by atoms with Crippen LogP contribution < -0.4 is 0 Å². The maximum Gasteiger partial charge on any atom is 0.258 e. The fraction of sp³-hybridized carbons (Fsp3) is 0.533. The molecule has 0 fully saturated rings. The van der Waals surface area contributed by atoms with E-state index in [1.807, 2.05) is 18.7 Å². The number of rotatable bonds is 2. The maximum absolute atomic E-state index is 12.3. The van der Waals surface area contributed by atoms with E-state index in [9.17, 15) is 9.90 Å². The van der Waals surface area contributed by atoms with Crippen LogP contribution in [-0.4, -0.2) is 28.5 Å². The molecule has 1 N–H and O–H groups in total. The average molecular weight is 247 g/mol. The van der Waals surface area contributed by atoms with E-state index in [2.05, 4.69) is 19.9 Å². The predicted molar refractivity (Wildman–Crippen MR) is 72.1 cm³/mol. The lowest BCUT2D eigenvalue weighted by atomic mass is 9.91. The van der Waals surface area contributed by atoms with Gasteiger partial charge >= 0.3 is 0 Å². The summed E-state index contributed by atoms with van der Waals surface area (Å²) in [6.45, 7) is 8.92. The van der Waals surface area contributed by atoms with E-state index in [1.165, 1.54) is 0 Å². The molecule has 0 spiro atoms. The molecule has 1 aliphatic rings. The quantitative estimate of drug-likeness (QED) is 0.873. The first-order valence-corrected chi connectivity index (χ1v) is 6.58. The lowest BCUT2D eigenvalue weighted by molar-refractivity contribution is 0.0685. The molecule has 0 unspecified atom stereocenters. The van der Waals surface area contributed by atoms with Crippen molar-refractivity contribution in [1.82, 2.24) is 4.90 Å². The van der Waals surface area contributed by atoms with Crippen LogP contribution in [0.25, 0.3) is 0 Å². The highest BCUT2D eigenvalue weighted by atomic mass is 16.3. The Kier molecular flexibility index (Phi) is 3.33. The molecule has 3 nitrogen and oxygen atoms in total. The molecule has 0 bridgehead atoms. The van der Waals surface area contributed by atoms with Crippen molar-refractivity contribution in [3.05, 3.63) is 28.8 Å². The molecule has 1 aliphatic heterocycles. The molecule has 2 rings (SSSR count). The molecule has 0 saturated carbocycles. The van der Waals surface area contributed by atoms with E-state index in [1.54, 1.807) is 6.07 Å². The van der Waals surface area contributed by atoms with Crippen molar-refractivity contribution < 1.29 is 9.90 Å². The summed E-state index contributed by atoms with van der Waals surface area (Å²) < 4.78 is 0. The number of amides is 1. The van der Waals surface area contributed by atoms with E-state index in [0.717, 1.165) is 24.1 Å². The number of phenolic OH excluding ortho intramolecular Hbond substituents is 1. The van der Waals surface area contributed by atoms with Crippen molar-refractivity contribution in [3.8, 4) is 5.75 Å². The van der Waals surface area contributed by atoms with E-state index in [-0.39, 0.29) is 17.7 Å². The van der Waals surface area contributed by atoms with Crippen LogP contribution in [0.5, 0.6) is 5.75 Å². The van der Waals surface area contributed by atoms with Gasteiger partial charge in [0, 0.05) is 12.6 Å². The Morgan fingerprint density at radius 3 is 2.44 bits per heavy atom. The zero-order valence-corrected chi connectivity index (χ0v) is 11.5. The standard InChI is InChI=1S/C15H21NO2/c1-9(2)12-7-11-5-6-16(10(3)4)15(18)14(11)13(17)8-12/h7-10,17H,5-6H2,1-4H3. The van der Waals surface area contributed by atoms with Crippen molar-refractivity contribution in [2.24, 2.45) is 0 Å². The van der Waals surface area contributed by atoms with Gasteiger partial charge in [-0.3, -0.25) is 4.79 Å². The highest BCUT2D eigenvalue weighted by Gasteiger charge is 2.29. The fourth-order valence-corrected chi connectivity index (χ4v) is 2.47. The van der Waals surface area contributed by atoms with Crippen LogP contribution in [0.15, 0.2) is 12.1 Å². The summed E-state index contributed by atoms with van der Waals surface area (Å²) in [5, 5.41) is 10.1. The molecule has 1 aromatic rings. The molecule has 0 aromatic heterocycles. The summed E-state index contributed by atoms with van der Waals surface area (Å²) in [6.07, 6.45) is 0.827. The topological polar surface area (TPSA) is 40.5 Å². The Morgan fingerprint density at radius 2 is 1.89 bits per heavy atom. The SMILES string of the molecule is CC(C)c1cc(O)c2c(c1)CCN(C(C)C)C2=O. The largest absolute Gasteiger partial charge is 0.507 e. The first-order valence-electron chi connectivity index (χ1n) is 6.58. The maximum atomic E-state index is 12.3. The predicted octanol–water partition coefficient (Wildman–Crippen LogP) is 2.92. The molecule has 0 atom stereocenters. The molecule has 18 heavy (non-hydrogen) atoms. The second kappa shape index (κ2) is 4.63. The summed E-state index contributed by atoms with van der Waals surface area (Å²) in [4.78, 5) is 14.1. The number of hydrogen-bond donors (Lipinski definition) is 1. The highest BCUT2D eigenvalue weighted by Crippen LogP contribution is 2.32. The van der Waals surface area contributed by atoms with Crippen molar-refractivity contribution >= 4 is 5.91 Å². The minimum absolute atomic E-state index is 0.0425. The second-order valence-corrected chi connectivity index (χ2v) is 5.57. The number of carbonyl (C=O) groups excluding carboxylic acids is 1. The normalized spacial score (nSPS) is 15.4. The van der Waals surface area contributed by atoms with Crippen LogP contribution in [0.3, 0.4) is 0 Å². The molecule has 0 saturated heterocycles. The van der Waals surface area contributed by atoms with Crippen LogP contribution in [-0.2, 0) is 6.42 Å². The third kappa shape index (κ3) is 2.09. The van der Waals surface area contributed by atoms with Crippen molar-refractivity contribution in [2.45, 2.75) is 46.1 Å². The van der Waals surface area contributed by atoms with E-state index < -0.39 is 0 Å². The van der Waals surface area contributed by atoms with Crippen LogP contribution in [0.1, 0.15) is 55.1 Å². The van der Waals surface area contributed by atoms with Gasteiger partial charge in [0.25, 0.3) is 5.91 Å². The Morgan fingerprint density at radius 1 is 1.22 bits per heavy atom. The minimum atomic E-state index is -0.0425. The molecule has 3 heteroatoms. The lowest BCUT2D eigenvalue weighted by Crippen LogP contribution is -2.42. The summed E-state index contributed by atoms with van der Waals surface area (Å²) in [6, 6.07) is 3.97. The molecule has 0 radical (unpaired) electrons. The Balaban J connectivity index is 2.47. The number of nitrogens with zero attached hydrogens (tertiary/aromatic N) is 1. The number of carbonyl (C=O) groups is 1. The molecular weight excluding hydrogens is 226 g/mol. The van der Waals surface area contributed by atoms with Crippen LogP contribution >= 0.6 is 0 Å². The first-order chi connectivity index (χ1) is 8.41. The summed E-state index contributed by atoms with van der Waals surface area (Å²) >= 11 is 0. The van der Waals surface area contributed by atoms with Crippen LogP contribution in [0, 0.1) is 0 Å². The van der Waals surface area contributed by atoms with Gasteiger partial charge in [-0.2, -0.15) is 0 Å². The highest BCUT2D eigenvalue weighted by molar-refractivity contribution is 5.99. The second-order valence-electron chi connectivity index (χ2n) is 5.57. The number of aromatic hydroxyl groups is 1. The summed E-state index contributed by atoms with van der Waals surface area (Å²) in [5.74, 6) is 0.449. The fourth-order valence-electron chi connectivity index (χ4n) is 2.47. The van der Waals surface area contributed by atoms with Gasteiger partial charge in [-0.1, -0.05) is 19.9 Å². The molecule has 0 aliphatic carbocycles. The van der Waals surface area contributed by atoms with E-state index >= 15 is 0 Å². The smallest absolute Gasteiger partial charge is 0.258 e. The van der Waals surface area contributed by atoms with Gasteiger partial charge in [0.2, 0.25) is 0 Å². The lowest BCUT2D eigenvalue weighted by Gasteiger charge is -2.32. The average Bonchev–Trinajstić information content (AvgIpc) is 2.27. The van der Waals surface area contributed by atoms with Crippen LogP contribution in [0.2, 0.25) is 0 Å².